The van der Waals surface area contributed by atoms with Crippen LogP contribution in [0.4, 0.5) is 17.1 Å². The van der Waals surface area contributed by atoms with Crippen LogP contribution < -0.4 is 10.6 Å². The van der Waals surface area contributed by atoms with Gasteiger partial charge in [0.1, 0.15) is 5.84 Å². The van der Waals surface area contributed by atoms with Crippen LogP contribution in [0.2, 0.25) is 0 Å². The largest absolute Gasteiger partial charge is 0.383 e. The Morgan fingerprint density at radius 3 is 1.96 bits per heavy atom. The summed E-state index contributed by atoms with van der Waals surface area (Å²) >= 11 is 0. The standard InChI is InChI=1S/C50H36N6/c51-49(35-16-4-1-5-17-35)54-50(36-18-6-2-7-19-36)53-32-34-15-14-22-38(31-34)56-46-29-30-52-33-44(46)43-28-27-42-40-24-11-10-23-39(40)41-25-12-13-26-45(41)55(47(42)48(43)56)37-20-8-3-9-21-37/h1-31,33H,32H2,(H2,51,53,54). The molecule has 1 aliphatic rings. The van der Waals surface area contributed by atoms with Crippen molar-refractivity contribution in [1.82, 2.24) is 9.55 Å². The van der Waals surface area contributed by atoms with Gasteiger partial charge < -0.3 is 15.2 Å². The molecule has 0 aliphatic carbocycles. The van der Waals surface area contributed by atoms with Crippen LogP contribution in [0.5, 0.6) is 0 Å². The molecule has 0 amide bonds. The third kappa shape index (κ3) is 5.72. The Morgan fingerprint density at radius 2 is 1.20 bits per heavy atom. The number of hydrogen-bond donors (Lipinski definition) is 1. The molecule has 0 saturated heterocycles. The Balaban J connectivity index is 1.20. The van der Waals surface area contributed by atoms with Crippen LogP contribution in [0.15, 0.2) is 204 Å². The topological polar surface area (TPSA) is 71.8 Å². The second-order valence-corrected chi connectivity index (χ2v) is 13.9. The van der Waals surface area contributed by atoms with E-state index in [9.17, 15) is 0 Å². The van der Waals surface area contributed by atoms with E-state index in [4.69, 9.17) is 15.7 Å². The van der Waals surface area contributed by atoms with Crippen molar-refractivity contribution in [3.8, 4) is 27.9 Å². The molecule has 56 heavy (non-hydrogen) atoms. The van der Waals surface area contributed by atoms with E-state index >= 15 is 0 Å². The maximum atomic E-state index is 6.53. The second-order valence-electron chi connectivity index (χ2n) is 13.9. The van der Waals surface area contributed by atoms with Crippen LogP contribution in [0.3, 0.4) is 0 Å². The van der Waals surface area contributed by atoms with E-state index in [1.165, 1.54) is 16.7 Å². The minimum Gasteiger partial charge on any atom is -0.383 e. The lowest BCUT2D eigenvalue weighted by atomic mass is 9.94. The van der Waals surface area contributed by atoms with Gasteiger partial charge in [0, 0.05) is 56.8 Å². The van der Waals surface area contributed by atoms with Gasteiger partial charge in [-0.05, 0) is 53.1 Å². The first kappa shape index (κ1) is 33.0. The maximum absolute atomic E-state index is 6.53. The van der Waals surface area contributed by atoms with E-state index in [-0.39, 0.29) is 0 Å². The number of rotatable bonds is 6. The number of pyridine rings is 1. The molecule has 7 aromatic carbocycles. The molecule has 0 spiro atoms. The van der Waals surface area contributed by atoms with Gasteiger partial charge in [-0.3, -0.25) is 9.98 Å². The average molecular weight is 721 g/mol. The SMILES string of the molecule is NC(=NC(=NCc1cccc(-n2c3ccncc3c3ccc4c(c32)N(c2ccccc2)c2ccccc2-c2ccccc2-4)c1)c1ccccc1)c1ccccc1. The first-order valence-corrected chi connectivity index (χ1v) is 18.8. The molecule has 2 aromatic heterocycles. The van der Waals surface area contributed by atoms with Gasteiger partial charge in [0.15, 0.2) is 5.84 Å². The molecule has 3 heterocycles. The molecule has 0 radical (unpaired) electrons. The van der Waals surface area contributed by atoms with Gasteiger partial charge in [0.25, 0.3) is 0 Å². The van der Waals surface area contributed by atoms with Gasteiger partial charge in [-0.2, -0.15) is 0 Å². The molecule has 266 valence electrons. The predicted octanol–water partition coefficient (Wildman–Crippen LogP) is 11.6. The minimum atomic E-state index is 0.414. The summed E-state index contributed by atoms with van der Waals surface area (Å²) in [6, 6.07) is 63.3. The minimum absolute atomic E-state index is 0.414. The Labute approximate surface area is 325 Å². The highest BCUT2D eigenvalue weighted by atomic mass is 15.2. The summed E-state index contributed by atoms with van der Waals surface area (Å²) in [5.41, 5.74) is 20.6. The van der Waals surface area contributed by atoms with Gasteiger partial charge in [0.2, 0.25) is 0 Å². The average Bonchev–Trinajstić information content (AvgIpc) is 3.55. The number of aromatic nitrogens is 2. The van der Waals surface area contributed by atoms with Crippen LogP contribution in [0, 0.1) is 0 Å². The number of fused-ring (bicyclic) bond motifs is 9. The van der Waals surface area contributed by atoms with E-state index in [0.29, 0.717) is 18.2 Å². The van der Waals surface area contributed by atoms with Crippen molar-refractivity contribution < 1.29 is 0 Å². The number of benzene rings is 7. The number of hydrogen-bond acceptors (Lipinski definition) is 3. The summed E-state index contributed by atoms with van der Waals surface area (Å²) in [7, 11) is 0. The predicted molar refractivity (Wildman–Crippen MR) is 232 cm³/mol. The third-order valence-corrected chi connectivity index (χ3v) is 10.5. The van der Waals surface area contributed by atoms with Crippen molar-refractivity contribution in [3.63, 3.8) is 0 Å². The van der Waals surface area contributed by atoms with E-state index in [0.717, 1.165) is 66.8 Å². The first-order valence-electron chi connectivity index (χ1n) is 18.8. The number of amidine groups is 2. The molecule has 0 fully saturated rings. The van der Waals surface area contributed by atoms with Gasteiger partial charge >= 0.3 is 0 Å². The zero-order valence-electron chi connectivity index (χ0n) is 30.5. The van der Waals surface area contributed by atoms with Crippen molar-refractivity contribution in [2.24, 2.45) is 15.7 Å². The van der Waals surface area contributed by atoms with E-state index < -0.39 is 0 Å². The summed E-state index contributed by atoms with van der Waals surface area (Å²) in [5, 5.41) is 2.22. The van der Waals surface area contributed by atoms with Gasteiger partial charge in [-0.15, -0.1) is 0 Å². The van der Waals surface area contributed by atoms with Crippen molar-refractivity contribution >= 4 is 50.5 Å². The smallest absolute Gasteiger partial charge is 0.157 e. The zero-order valence-corrected chi connectivity index (χ0v) is 30.5. The summed E-state index contributed by atoms with van der Waals surface area (Å²) in [5.74, 6) is 1.01. The molecule has 0 bridgehead atoms. The van der Waals surface area contributed by atoms with Gasteiger partial charge in [-0.1, -0.05) is 146 Å². The van der Waals surface area contributed by atoms with Crippen molar-refractivity contribution in [1.29, 1.82) is 0 Å². The third-order valence-electron chi connectivity index (χ3n) is 10.5. The Hall–Kier alpha value is -7.57. The molecular weight excluding hydrogens is 685 g/mol. The van der Waals surface area contributed by atoms with Crippen LogP contribution in [0.1, 0.15) is 16.7 Å². The number of para-hydroxylation sites is 2. The van der Waals surface area contributed by atoms with Crippen molar-refractivity contribution in [2.75, 3.05) is 4.90 Å². The monoisotopic (exact) mass is 720 g/mol. The fourth-order valence-electron chi connectivity index (χ4n) is 7.99. The van der Waals surface area contributed by atoms with Gasteiger partial charge in [-0.25, -0.2) is 4.99 Å². The quantitative estimate of drug-likeness (QED) is 0.137. The number of aliphatic imine (C=N–C) groups is 2. The van der Waals surface area contributed by atoms with Crippen molar-refractivity contribution in [3.05, 3.63) is 211 Å². The molecule has 0 atom stereocenters. The summed E-state index contributed by atoms with van der Waals surface area (Å²) in [4.78, 5) is 17.0. The summed E-state index contributed by atoms with van der Waals surface area (Å²) in [6.45, 7) is 0.414. The number of anilines is 3. The first-order chi connectivity index (χ1) is 27.7. The lowest BCUT2D eigenvalue weighted by Gasteiger charge is -2.28. The highest BCUT2D eigenvalue weighted by Gasteiger charge is 2.30. The molecular formula is C50H36N6. The number of nitrogens with two attached hydrogens (primary N) is 1. The summed E-state index contributed by atoms with van der Waals surface area (Å²) in [6.07, 6.45) is 3.87. The Kier molecular flexibility index (Phi) is 8.26. The zero-order chi connectivity index (χ0) is 37.4. The van der Waals surface area contributed by atoms with Gasteiger partial charge in [0.05, 0.1) is 29.0 Å². The van der Waals surface area contributed by atoms with Crippen LogP contribution in [-0.2, 0) is 6.54 Å². The second kappa shape index (κ2) is 14.0. The molecule has 2 N–H and O–H groups in total. The van der Waals surface area contributed by atoms with E-state index in [1.54, 1.807) is 0 Å². The molecule has 9 aromatic rings. The molecule has 0 unspecified atom stereocenters. The molecule has 1 aliphatic heterocycles. The number of nitrogens with zero attached hydrogens (tertiary/aromatic N) is 5. The lowest BCUT2D eigenvalue weighted by molar-refractivity contribution is 1.05. The van der Waals surface area contributed by atoms with Crippen LogP contribution in [0.25, 0.3) is 49.7 Å². The normalized spacial score (nSPS) is 12.6. The molecule has 0 saturated carbocycles. The molecule has 10 rings (SSSR count). The van der Waals surface area contributed by atoms with Crippen LogP contribution in [-0.4, -0.2) is 21.2 Å². The van der Waals surface area contributed by atoms with Crippen molar-refractivity contribution in [2.45, 2.75) is 6.54 Å². The summed E-state index contributed by atoms with van der Waals surface area (Å²) < 4.78 is 2.40. The highest BCUT2D eigenvalue weighted by Crippen LogP contribution is 2.54. The fraction of sp³-hybridized carbons (Fsp3) is 0.0200. The maximum Gasteiger partial charge on any atom is 0.157 e. The highest BCUT2D eigenvalue weighted by molar-refractivity contribution is 6.19. The van der Waals surface area contributed by atoms with E-state index in [2.05, 4.69) is 136 Å². The van der Waals surface area contributed by atoms with Crippen LogP contribution >= 0.6 is 0 Å². The molecule has 6 heteroatoms. The van der Waals surface area contributed by atoms with E-state index in [1.807, 2.05) is 73.1 Å². The fourth-order valence-corrected chi connectivity index (χ4v) is 7.99. The Morgan fingerprint density at radius 1 is 0.554 bits per heavy atom. The Bertz CT molecular complexity index is 2950. The molecule has 6 nitrogen and oxygen atoms in total. The lowest BCUT2D eigenvalue weighted by Crippen LogP contribution is -2.16.